The molecule has 0 bridgehead atoms. The number of rotatable bonds is 7. The van der Waals surface area contributed by atoms with Gasteiger partial charge < -0.3 is 14.8 Å². The molecular formula is C24H15F6NO5. The van der Waals surface area contributed by atoms with Crippen LogP contribution in [0.1, 0.15) is 26.3 Å². The van der Waals surface area contributed by atoms with Crippen molar-refractivity contribution in [3.63, 3.8) is 0 Å². The minimum absolute atomic E-state index is 0.115. The first-order chi connectivity index (χ1) is 17.0. The van der Waals surface area contributed by atoms with Crippen LogP contribution in [-0.4, -0.2) is 31.0 Å². The number of ether oxygens (including phenoxy) is 2. The van der Waals surface area contributed by atoms with Crippen molar-refractivity contribution in [3.05, 3.63) is 100 Å². The first kappa shape index (κ1) is 26.3. The number of carbonyl (C=O) groups is 3. The van der Waals surface area contributed by atoms with Crippen LogP contribution >= 0.6 is 0 Å². The van der Waals surface area contributed by atoms with Gasteiger partial charge in [0, 0.05) is 6.42 Å². The van der Waals surface area contributed by atoms with Crippen LogP contribution in [0, 0.1) is 34.9 Å². The van der Waals surface area contributed by atoms with Crippen LogP contribution in [0.25, 0.3) is 0 Å². The van der Waals surface area contributed by atoms with Gasteiger partial charge in [-0.3, -0.25) is 4.79 Å². The van der Waals surface area contributed by atoms with Crippen molar-refractivity contribution in [2.24, 2.45) is 0 Å². The minimum atomic E-state index is -1.86. The number of carbonyl (C=O) groups excluding carboxylic acids is 3. The maximum atomic E-state index is 13.9. The van der Waals surface area contributed by atoms with E-state index in [1.807, 2.05) is 0 Å². The van der Waals surface area contributed by atoms with E-state index < -0.39 is 69.9 Å². The molecule has 188 valence electrons. The number of benzene rings is 3. The number of methoxy groups -OCH3 is 1. The van der Waals surface area contributed by atoms with Gasteiger partial charge >= 0.3 is 11.9 Å². The maximum absolute atomic E-state index is 13.9. The molecule has 1 amide bonds. The maximum Gasteiger partial charge on any atom is 0.346 e. The van der Waals surface area contributed by atoms with Crippen molar-refractivity contribution < 1.29 is 50.2 Å². The number of hydrogen-bond acceptors (Lipinski definition) is 5. The summed E-state index contributed by atoms with van der Waals surface area (Å²) in [6.07, 6.45) is -0.213. The highest BCUT2D eigenvalue weighted by atomic mass is 19.2. The highest BCUT2D eigenvalue weighted by molar-refractivity contribution is 5.97. The summed E-state index contributed by atoms with van der Waals surface area (Å²) < 4.78 is 90.1. The molecule has 3 aromatic carbocycles. The monoisotopic (exact) mass is 511 g/mol. The second-order valence-corrected chi connectivity index (χ2v) is 7.23. The summed E-state index contributed by atoms with van der Waals surface area (Å²) in [5.74, 6) is -13.7. The van der Waals surface area contributed by atoms with E-state index in [2.05, 4.69) is 10.1 Å². The topological polar surface area (TPSA) is 81.7 Å². The van der Waals surface area contributed by atoms with Gasteiger partial charge in [-0.2, -0.15) is 0 Å². The van der Waals surface area contributed by atoms with Gasteiger partial charge in [0.1, 0.15) is 11.8 Å². The Morgan fingerprint density at radius 3 is 1.83 bits per heavy atom. The second-order valence-electron chi connectivity index (χ2n) is 7.23. The molecule has 1 atom stereocenters. The lowest BCUT2D eigenvalue weighted by Gasteiger charge is -2.17. The lowest BCUT2D eigenvalue weighted by Crippen LogP contribution is -2.43. The summed E-state index contributed by atoms with van der Waals surface area (Å²) in [7, 11) is 1.03. The van der Waals surface area contributed by atoms with E-state index in [0.29, 0.717) is 29.8 Å². The van der Waals surface area contributed by atoms with E-state index in [-0.39, 0.29) is 12.2 Å². The molecule has 36 heavy (non-hydrogen) atoms. The Bertz CT molecular complexity index is 1330. The highest BCUT2D eigenvalue weighted by Gasteiger charge is 2.26. The third kappa shape index (κ3) is 5.65. The van der Waals surface area contributed by atoms with Gasteiger partial charge in [0.2, 0.25) is 0 Å². The fraction of sp³-hybridized carbons (Fsp3) is 0.125. The van der Waals surface area contributed by atoms with Gasteiger partial charge in [-0.25, -0.2) is 35.9 Å². The predicted octanol–water partition coefficient (Wildman–Crippen LogP) is 4.25. The van der Waals surface area contributed by atoms with Crippen molar-refractivity contribution in [2.75, 3.05) is 7.11 Å². The van der Waals surface area contributed by atoms with Gasteiger partial charge in [0.25, 0.3) is 5.91 Å². The Morgan fingerprint density at radius 1 is 0.750 bits per heavy atom. The van der Waals surface area contributed by atoms with E-state index in [9.17, 15) is 40.7 Å². The molecule has 1 N–H and O–H groups in total. The molecule has 0 radical (unpaired) electrons. The zero-order chi connectivity index (χ0) is 26.6. The molecule has 0 aliphatic heterocycles. The van der Waals surface area contributed by atoms with Crippen molar-refractivity contribution in [1.29, 1.82) is 0 Å². The average Bonchev–Trinajstić information content (AvgIpc) is 2.86. The SMILES string of the molecule is COC(=O)C(Cc1ccc(OC(=O)c2ccc(F)c(F)c2F)cc1)NC(=O)c1ccc(F)c(F)c1F. The third-order valence-corrected chi connectivity index (χ3v) is 4.90. The summed E-state index contributed by atoms with van der Waals surface area (Å²) >= 11 is 0. The fourth-order valence-electron chi connectivity index (χ4n) is 3.05. The number of amides is 1. The van der Waals surface area contributed by atoms with Gasteiger partial charge in [0.05, 0.1) is 18.2 Å². The van der Waals surface area contributed by atoms with Crippen molar-refractivity contribution >= 4 is 17.8 Å². The van der Waals surface area contributed by atoms with E-state index in [1.54, 1.807) is 0 Å². The third-order valence-electron chi connectivity index (χ3n) is 4.90. The molecule has 0 aliphatic carbocycles. The average molecular weight is 511 g/mol. The lowest BCUT2D eigenvalue weighted by atomic mass is 10.0. The molecule has 1 unspecified atom stereocenters. The molecular weight excluding hydrogens is 496 g/mol. The van der Waals surface area contributed by atoms with Crippen LogP contribution in [0.4, 0.5) is 26.3 Å². The zero-order valence-electron chi connectivity index (χ0n) is 18.2. The Morgan fingerprint density at radius 2 is 1.28 bits per heavy atom. The number of hydrogen-bond donors (Lipinski definition) is 1. The molecule has 0 fully saturated rings. The summed E-state index contributed by atoms with van der Waals surface area (Å²) in [6, 6.07) is 6.32. The van der Waals surface area contributed by atoms with Crippen molar-refractivity contribution in [3.8, 4) is 5.75 Å². The molecule has 0 aromatic heterocycles. The van der Waals surface area contributed by atoms with Crippen LogP contribution < -0.4 is 10.1 Å². The minimum Gasteiger partial charge on any atom is -0.467 e. The molecule has 0 saturated carbocycles. The molecule has 12 heteroatoms. The summed E-state index contributed by atoms with van der Waals surface area (Å²) in [6.45, 7) is 0. The molecule has 3 aromatic rings. The largest absolute Gasteiger partial charge is 0.467 e. The van der Waals surface area contributed by atoms with E-state index >= 15 is 0 Å². The van der Waals surface area contributed by atoms with Crippen LogP contribution in [0.3, 0.4) is 0 Å². The summed E-state index contributed by atoms with van der Waals surface area (Å²) in [5, 5.41) is 2.17. The number of nitrogens with one attached hydrogen (secondary N) is 1. The number of halogens is 6. The van der Waals surface area contributed by atoms with Gasteiger partial charge in [-0.15, -0.1) is 0 Å². The Labute approximate surface area is 199 Å². The normalized spacial score (nSPS) is 11.5. The summed E-state index contributed by atoms with van der Waals surface area (Å²) in [5.41, 5.74) is -1.30. The van der Waals surface area contributed by atoms with E-state index in [0.717, 1.165) is 7.11 Å². The van der Waals surface area contributed by atoms with Gasteiger partial charge in [-0.05, 0) is 42.0 Å². The second kappa shape index (κ2) is 10.9. The molecule has 3 rings (SSSR count). The smallest absolute Gasteiger partial charge is 0.346 e. The zero-order valence-corrected chi connectivity index (χ0v) is 18.2. The van der Waals surface area contributed by atoms with Crippen LogP contribution in [0.15, 0.2) is 48.5 Å². The first-order valence-electron chi connectivity index (χ1n) is 10.00. The fourth-order valence-corrected chi connectivity index (χ4v) is 3.05. The molecule has 0 aliphatic rings. The predicted molar refractivity (Wildman–Crippen MR) is 111 cm³/mol. The molecule has 0 spiro atoms. The molecule has 0 heterocycles. The van der Waals surface area contributed by atoms with Crippen LogP contribution in [0.2, 0.25) is 0 Å². The highest BCUT2D eigenvalue weighted by Crippen LogP contribution is 2.20. The molecule has 6 nitrogen and oxygen atoms in total. The van der Waals surface area contributed by atoms with Gasteiger partial charge in [0.15, 0.2) is 34.9 Å². The summed E-state index contributed by atoms with van der Waals surface area (Å²) in [4.78, 5) is 36.5. The van der Waals surface area contributed by atoms with Crippen LogP contribution in [-0.2, 0) is 16.0 Å². The van der Waals surface area contributed by atoms with Gasteiger partial charge in [-0.1, -0.05) is 12.1 Å². The van der Waals surface area contributed by atoms with Crippen LogP contribution in [0.5, 0.6) is 5.75 Å². The Kier molecular flexibility index (Phi) is 7.97. The van der Waals surface area contributed by atoms with E-state index in [4.69, 9.17) is 4.74 Å². The standard InChI is InChI=1S/C24H15F6NO5/c1-35-24(34)17(31-22(32)13-6-8-15(25)20(29)18(13)27)10-11-2-4-12(5-3-11)36-23(33)14-7-9-16(26)21(30)19(14)28/h2-9,17H,10H2,1H3,(H,31,32). The van der Waals surface area contributed by atoms with Crippen molar-refractivity contribution in [2.45, 2.75) is 12.5 Å². The lowest BCUT2D eigenvalue weighted by molar-refractivity contribution is -0.142. The number of esters is 2. The van der Waals surface area contributed by atoms with Crippen molar-refractivity contribution in [1.82, 2.24) is 5.32 Å². The Balaban J connectivity index is 1.72. The quantitative estimate of drug-likeness (QED) is 0.222. The Hall–Kier alpha value is -4.35. The molecule has 0 saturated heterocycles. The first-order valence-corrected chi connectivity index (χ1v) is 10.00. The van der Waals surface area contributed by atoms with E-state index in [1.165, 1.54) is 24.3 Å².